The third-order valence-electron chi connectivity index (χ3n) is 5.55. The molecule has 0 N–H and O–H groups in total. The summed E-state index contributed by atoms with van der Waals surface area (Å²) in [4.78, 5) is 0. The van der Waals surface area contributed by atoms with Gasteiger partial charge in [-0.05, 0) is 25.7 Å². The molecule has 0 bridgehead atoms. The molecule has 0 aliphatic rings. The molecule has 24 heavy (non-hydrogen) atoms. The number of quaternary nitrogens is 1. The van der Waals surface area contributed by atoms with Crippen molar-refractivity contribution in [3.05, 3.63) is 35.9 Å². The highest BCUT2D eigenvalue weighted by Crippen LogP contribution is 2.35. The molecule has 1 unspecified atom stereocenters. The van der Waals surface area contributed by atoms with Gasteiger partial charge >= 0.3 is 0 Å². The highest BCUT2D eigenvalue weighted by atomic mass is 15.4. The first kappa shape index (κ1) is 21.2. The van der Waals surface area contributed by atoms with Gasteiger partial charge in [-0.25, -0.2) is 0 Å². The van der Waals surface area contributed by atoms with Crippen LogP contribution in [0.25, 0.3) is 0 Å². The van der Waals surface area contributed by atoms with E-state index >= 15 is 0 Å². The third-order valence-corrected chi connectivity index (χ3v) is 5.55. The van der Waals surface area contributed by atoms with E-state index in [1.807, 2.05) is 0 Å². The zero-order valence-corrected chi connectivity index (χ0v) is 16.9. The highest BCUT2D eigenvalue weighted by molar-refractivity contribution is 5.17. The molecule has 0 fully saturated rings. The smallest absolute Gasteiger partial charge is 0.115 e. The minimum Gasteiger partial charge on any atom is -0.317 e. The fourth-order valence-electron chi connectivity index (χ4n) is 4.05. The van der Waals surface area contributed by atoms with E-state index in [1.165, 1.54) is 81.9 Å². The molecule has 1 heteroatoms. The lowest BCUT2D eigenvalue weighted by Gasteiger charge is -2.46. The van der Waals surface area contributed by atoms with Gasteiger partial charge in [0.2, 0.25) is 0 Å². The van der Waals surface area contributed by atoms with Gasteiger partial charge in [-0.2, -0.15) is 0 Å². The van der Waals surface area contributed by atoms with Crippen LogP contribution in [0.2, 0.25) is 0 Å². The van der Waals surface area contributed by atoms with Crippen LogP contribution in [0.15, 0.2) is 30.3 Å². The predicted octanol–water partition coefficient (Wildman–Crippen LogP) is 7.14. The van der Waals surface area contributed by atoms with Gasteiger partial charge in [0.1, 0.15) is 6.04 Å². The summed E-state index contributed by atoms with van der Waals surface area (Å²) >= 11 is 0. The second-order valence-corrected chi connectivity index (χ2v) is 7.52. The zero-order chi connectivity index (χ0) is 17.7. The lowest BCUT2D eigenvalue weighted by atomic mass is 9.94. The van der Waals surface area contributed by atoms with E-state index in [1.54, 1.807) is 5.56 Å². The Balaban J connectivity index is 3.17. The van der Waals surface area contributed by atoms with Gasteiger partial charge in [0.05, 0.1) is 19.6 Å². The van der Waals surface area contributed by atoms with Gasteiger partial charge in [0, 0.05) is 12.0 Å². The summed E-state index contributed by atoms with van der Waals surface area (Å²) in [6.07, 6.45) is 12.0. The molecule has 1 aromatic rings. The summed E-state index contributed by atoms with van der Waals surface area (Å²) in [7, 11) is 0. The highest BCUT2D eigenvalue weighted by Gasteiger charge is 2.36. The minimum absolute atomic E-state index is 0.691. The van der Waals surface area contributed by atoms with Gasteiger partial charge in [0.25, 0.3) is 0 Å². The quantitative estimate of drug-likeness (QED) is 0.318. The first-order valence-corrected chi connectivity index (χ1v) is 10.6. The normalized spacial score (nSPS) is 13.2. The molecule has 0 aromatic heterocycles. The molecule has 0 spiro atoms. The maximum absolute atomic E-state index is 2.39. The van der Waals surface area contributed by atoms with E-state index in [9.17, 15) is 0 Å². The molecule has 1 nitrogen and oxygen atoms in total. The molecule has 1 rings (SSSR count). The van der Waals surface area contributed by atoms with Crippen LogP contribution >= 0.6 is 0 Å². The topological polar surface area (TPSA) is 0 Å². The summed E-state index contributed by atoms with van der Waals surface area (Å²) in [6, 6.07) is 12.1. The van der Waals surface area contributed by atoms with Crippen molar-refractivity contribution in [3.63, 3.8) is 0 Å². The lowest BCUT2D eigenvalue weighted by Crippen LogP contribution is -2.52. The fourth-order valence-corrected chi connectivity index (χ4v) is 4.05. The van der Waals surface area contributed by atoms with Crippen molar-refractivity contribution in [1.29, 1.82) is 0 Å². The van der Waals surface area contributed by atoms with Gasteiger partial charge < -0.3 is 4.48 Å². The number of hydrogen-bond acceptors (Lipinski definition) is 0. The van der Waals surface area contributed by atoms with E-state index in [0.717, 1.165) is 0 Å². The molecule has 0 aliphatic heterocycles. The first-order chi connectivity index (χ1) is 11.7. The van der Waals surface area contributed by atoms with Crippen LogP contribution in [-0.4, -0.2) is 24.1 Å². The average Bonchev–Trinajstić information content (AvgIpc) is 2.63. The molecule has 0 saturated carbocycles. The SMILES string of the molecule is CCCCC(c1ccccc1)[N+](CCCC)(CCCC)CCCC. The maximum atomic E-state index is 2.39. The van der Waals surface area contributed by atoms with E-state index in [2.05, 4.69) is 58.0 Å². The van der Waals surface area contributed by atoms with Crippen LogP contribution in [0.3, 0.4) is 0 Å². The Labute approximate surface area is 152 Å². The van der Waals surface area contributed by atoms with Crippen molar-refractivity contribution in [1.82, 2.24) is 0 Å². The number of benzene rings is 1. The second-order valence-electron chi connectivity index (χ2n) is 7.52. The minimum atomic E-state index is 0.691. The van der Waals surface area contributed by atoms with Crippen LogP contribution in [0.4, 0.5) is 0 Å². The maximum Gasteiger partial charge on any atom is 0.115 e. The van der Waals surface area contributed by atoms with Gasteiger partial charge in [-0.1, -0.05) is 83.7 Å². The number of unbranched alkanes of at least 4 members (excludes halogenated alkanes) is 4. The van der Waals surface area contributed by atoms with Crippen molar-refractivity contribution in [2.45, 2.75) is 91.5 Å². The summed E-state index contributed by atoms with van der Waals surface area (Å²) in [5.74, 6) is 0. The lowest BCUT2D eigenvalue weighted by molar-refractivity contribution is -0.958. The zero-order valence-electron chi connectivity index (χ0n) is 16.9. The Bertz CT molecular complexity index is 376. The van der Waals surface area contributed by atoms with Gasteiger partial charge in [-0.3, -0.25) is 0 Å². The Morgan fingerprint density at radius 1 is 0.667 bits per heavy atom. The van der Waals surface area contributed by atoms with E-state index < -0.39 is 0 Å². The second kappa shape index (κ2) is 12.5. The molecular formula is C23H42N+. The summed E-state index contributed by atoms with van der Waals surface area (Å²) < 4.78 is 1.33. The molecule has 0 aliphatic carbocycles. The Kier molecular flexibility index (Phi) is 11.1. The molecule has 138 valence electrons. The standard InChI is InChI=1S/C23H42N/c1-5-9-18-23(22-16-14-13-15-17-22)24(19-10-6-2,20-11-7-3)21-12-8-4/h13-17,23H,5-12,18-21H2,1-4H3/q+1. The third kappa shape index (κ3) is 6.59. The van der Waals surface area contributed by atoms with Crippen LogP contribution < -0.4 is 0 Å². The number of hydrogen-bond donors (Lipinski definition) is 0. The van der Waals surface area contributed by atoms with Gasteiger partial charge in [-0.15, -0.1) is 0 Å². The van der Waals surface area contributed by atoms with Crippen LogP contribution in [0.1, 0.15) is 97.1 Å². The summed E-state index contributed by atoms with van der Waals surface area (Å²) in [5.41, 5.74) is 1.58. The molecule has 0 heterocycles. The molecule has 0 amide bonds. The first-order valence-electron chi connectivity index (χ1n) is 10.6. The van der Waals surface area contributed by atoms with E-state index in [4.69, 9.17) is 0 Å². The van der Waals surface area contributed by atoms with Crippen molar-refractivity contribution in [3.8, 4) is 0 Å². The Hall–Kier alpha value is -0.820. The number of rotatable bonds is 14. The van der Waals surface area contributed by atoms with Crippen LogP contribution in [0.5, 0.6) is 0 Å². The van der Waals surface area contributed by atoms with Crippen LogP contribution in [-0.2, 0) is 0 Å². The molecule has 0 saturated heterocycles. The van der Waals surface area contributed by atoms with E-state index in [0.29, 0.717) is 6.04 Å². The van der Waals surface area contributed by atoms with Crippen molar-refractivity contribution in [2.75, 3.05) is 19.6 Å². The van der Waals surface area contributed by atoms with Crippen molar-refractivity contribution >= 4 is 0 Å². The van der Waals surface area contributed by atoms with Crippen LogP contribution in [0, 0.1) is 0 Å². The summed E-state index contributed by atoms with van der Waals surface area (Å²) in [5, 5.41) is 0. The monoisotopic (exact) mass is 332 g/mol. The Morgan fingerprint density at radius 2 is 1.12 bits per heavy atom. The molecule has 0 radical (unpaired) electrons. The van der Waals surface area contributed by atoms with E-state index in [-0.39, 0.29) is 0 Å². The summed E-state index contributed by atoms with van der Waals surface area (Å²) in [6.45, 7) is 13.5. The number of nitrogens with zero attached hydrogens (tertiary/aromatic N) is 1. The fraction of sp³-hybridized carbons (Fsp3) is 0.739. The largest absolute Gasteiger partial charge is 0.317 e. The van der Waals surface area contributed by atoms with Crippen molar-refractivity contribution < 1.29 is 4.48 Å². The average molecular weight is 333 g/mol. The predicted molar refractivity (Wildman–Crippen MR) is 108 cm³/mol. The van der Waals surface area contributed by atoms with Crippen molar-refractivity contribution in [2.24, 2.45) is 0 Å². The Morgan fingerprint density at radius 3 is 1.54 bits per heavy atom. The molecular weight excluding hydrogens is 290 g/mol. The van der Waals surface area contributed by atoms with Gasteiger partial charge in [0.15, 0.2) is 0 Å². The molecule has 1 atom stereocenters. The molecule has 1 aromatic carbocycles.